The van der Waals surface area contributed by atoms with Crippen molar-refractivity contribution >= 4 is 23.4 Å². The first kappa shape index (κ1) is 18.1. The van der Waals surface area contributed by atoms with Crippen molar-refractivity contribution in [1.29, 1.82) is 0 Å². The fourth-order valence-corrected chi connectivity index (χ4v) is 2.60. The van der Waals surface area contributed by atoms with Gasteiger partial charge in [-0.3, -0.25) is 9.69 Å². The summed E-state index contributed by atoms with van der Waals surface area (Å²) in [5.41, 5.74) is 1.88. The van der Waals surface area contributed by atoms with Gasteiger partial charge < -0.3 is 20.3 Å². The maximum Gasteiger partial charge on any atom is 0.319 e. The number of esters is 1. The molecule has 1 heterocycles. The Morgan fingerprint density at radius 1 is 1.12 bits per heavy atom. The molecule has 1 aliphatic heterocycles. The van der Waals surface area contributed by atoms with Crippen LogP contribution in [-0.2, 0) is 9.53 Å². The van der Waals surface area contributed by atoms with Gasteiger partial charge in [-0.15, -0.1) is 0 Å². The van der Waals surface area contributed by atoms with Gasteiger partial charge in [0.1, 0.15) is 0 Å². The molecule has 7 nitrogen and oxygen atoms in total. The number of carbonyl (C=O) groups is 2. The Morgan fingerprint density at radius 2 is 1.75 bits per heavy atom. The van der Waals surface area contributed by atoms with Gasteiger partial charge in [0.2, 0.25) is 0 Å². The van der Waals surface area contributed by atoms with Gasteiger partial charge in [0, 0.05) is 43.6 Å². The number of benzene rings is 1. The van der Waals surface area contributed by atoms with E-state index < -0.39 is 0 Å². The highest BCUT2D eigenvalue weighted by Gasteiger charge is 2.19. The number of amides is 2. The molecule has 1 saturated heterocycles. The largest absolute Gasteiger partial charge is 0.468 e. The zero-order valence-corrected chi connectivity index (χ0v) is 14.5. The van der Waals surface area contributed by atoms with E-state index >= 15 is 0 Å². The highest BCUT2D eigenvalue weighted by atomic mass is 16.5. The summed E-state index contributed by atoms with van der Waals surface area (Å²) in [6.07, 6.45) is 0. The third-order valence-corrected chi connectivity index (χ3v) is 3.86. The fraction of sp³-hybridized carbons (Fsp3) is 0.529. The molecule has 1 fully saturated rings. The first-order valence-electron chi connectivity index (χ1n) is 8.19. The number of nitrogens with one attached hydrogen (secondary N) is 2. The smallest absolute Gasteiger partial charge is 0.319 e. The van der Waals surface area contributed by atoms with E-state index in [-0.39, 0.29) is 18.0 Å². The molecule has 0 bridgehead atoms. The first-order valence-corrected chi connectivity index (χ1v) is 8.19. The summed E-state index contributed by atoms with van der Waals surface area (Å²) in [6, 6.07) is 7.70. The van der Waals surface area contributed by atoms with Crippen molar-refractivity contribution in [2.75, 3.05) is 50.1 Å². The fourth-order valence-electron chi connectivity index (χ4n) is 2.60. The molecule has 1 aliphatic rings. The van der Waals surface area contributed by atoms with E-state index in [1.165, 1.54) is 7.11 Å². The normalized spacial score (nSPS) is 15.2. The molecule has 0 aliphatic carbocycles. The number of urea groups is 1. The van der Waals surface area contributed by atoms with Gasteiger partial charge in [-0.2, -0.15) is 0 Å². The topological polar surface area (TPSA) is 73.9 Å². The Morgan fingerprint density at radius 3 is 2.29 bits per heavy atom. The summed E-state index contributed by atoms with van der Waals surface area (Å²) in [4.78, 5) is 27.4. The predicted molar refractivity (Wildman–Crippen MR) is 94.4 cm³/mol. The zero-order chi connectivity index (χ0) is 17.5. The van der Waals surface area contributed by atoms with Crippen LogP contribution in [0.2, 0.25) is 0 Å². The minimum atomic E-state index is -0.200. The third-order valence-electron chi connectivity index (χ3n) is 3.86. The van der Waals surface area contributed by atoms with E-state index in [2.05, 4.69) is 20.4 Å². The van der Waals surface area contributed by atoms with Crippen molar-refractivity contribution in [3.63, 3.8) is 0 Å². The molecule has 2 amide bonds. The van der Waals surface area contributed by atoms with Crippen molar-refractivity contribution < 1.29 is 14.3 Å². The van der Waals surface area contributed by atoms with Crippen molar-refractivity contribution in [3.05, 3.63) is 24.3 Å². The SMILES string of the molecule is COC(=O)CN1CCN(c2ccc(NC(=O)NC(C)C)cc2)CC1. The second-order valence-corrected chi connectivity index (χ2v) is 6.14. The van der Waals surface area contributed by atoms with Crippen LogP contribution in [0.1, 0.15) is 13.8 Å². The monoisotopic (exact) mass is 334 g/mol. The summed E-state index contributed by atoms with van der Waals surface area (Å²) >= 11 is 0. The van der Waals surface area contributed by atoms with Gasteiger partial charge >= 0.3 is 12.0 Å². The number of rotatable bonds is 5. The van der Waals surface area contributed by atoms with Crippen LogP contribution in [0.5, 0.6) is 0 Å². The molecule has 0 unspecified atom stereocenters. The molecule has 0 radical (unpaired) electrons. The lowest BCUT2D eigenvalue weighted by Gasteiger charge is -2.35. The van der Waals surface area contributed by atoms with Crippen molar-refractivity contribution in [3.8, 4) is 0 Å². The van der Waals surface area contributed by atoms with Gasteiger partial charge in [-0.25, -0.2) is 4.79 Å². The number of anilines is 2. The summed E-state index contributed by atoms with van der Waals surface area (Å²) in [6.45, 7) is 7.55. The molecule has 7 heteroatoms. The minimum absolute atomic E-state index is 0.102. The molecule has 0 atom stereocenters. The van der Waals surface area contributed by atoms with Gasteiger partial charge in [0.15, 0.2) is 0 Å². The molecule has 1 aromatic carbocycles. The van der Waals surface area contributed by atoms with Crippen LogP contribution >= 0.6 is 0 Å². The average molecular weight is 334 g/mol. The number of carbonyl (C=O) groups excluding carboxylic acids is 2. The highest BCUT2D eigenvalue weighted by Crippen LogP contribution is 2.19. The number of nitrogens with zero attached hydrogens (tertiary/aromatic N) is 2. The summed E-state index contributed by atoms with van der Waals surface area (Å²) in [7, 11) is 1.41. The maximum absolute atomic E-state index is 11.7. The number of hydrogen-bond donors (Lipinski definition) is 2. The van der Waals surface area contributed by atoms with Gasteiger partial charge in [-0.1, -0.05) is 0 Å². The predicted octanol–water partition coefficient (Wildman–Crippen LogP) is 1.51. The molecule has 24 heavy (non-hydrogen) atoms. The van der Waals surface area contributed by atoms with E-state index in [0.29, 0.717) is 6.54 Å². The van der Waals surface area contributed by atoms with Crippen LogP contribution < -0.4 is 15.5 Å². The summed E-state index contributed by atoms with van der Waals surface area (Å²) in [5, 5.41) is 5.60. The van der Waals surface area contributed by atoms with E-state index in [9.17, 15) is 9.59 Å². The molecule has 1 aromatic rings. The molecule has 0 spiro atoms. The molecule has 2 rings (SSSR count). The van der Waals surface area contributed by atoms with Crippen molar-refractivity contribution in [1.82, 2.24) is 10.2 Å². The third kappa shape index (κ3) is 5.42. The van der Waals surface area contributed by atoms with E-state index in [0.717, 1.165) is 37.6 Å². The summed E-state index contributed by atoms with van der Waals surface area (Å²) in [5.74, 6) is -0.196. The van der Waals surface area contributed by atoms with Gasteiger partial charge in [-0.05, 0) is 38.1 Å². The lowest BCUT2D eigenvalue weighted by molar-refractivity contribution is -0.142. The van der Waals surface area contributed by atoms with Gasteiger partial charge in [0.25, 0.3) is 0 Å². The molecule has 2 N–H and O–H groups in total. The minimum Gasteiger partial charge on any atom is -0.468 e. The molecule has 132 valence electrons. The average Bonchev–Trinajstić information content (AvgIpc) is 2.55. The number of hydrogen-bond acceptors (Lipinski definition) is 5. The van der Waals surface area contributed by atoms with Crippen LogP contribution in [-0.4, -0.2) is 62.8 Å². The lowest BCUT2D eigenvalue weighted by atomic mass is 10.2. The van der Waals surface area contributed by atoms with E-state index in [1.54, 1.807) is 0 Å². The Labute approximate surface area is 142 Å². The molecule has 0 aromatic heterocycles. The van der Waals surface area contributed by atoms with E-state index in [1.807, 2.05) is 38.1 Å². The van der Waals surface area contributed by atoms with Crippen LogP contribution in [0.3, 0.4) is 0 Å². The van der Waals surface area contributed by atoms with Gasteiger partial charge in [0.05, 0.1) is 13.7 Å². The van der Waals surface area contributed by atoms with Crippen LogP contribution in [0.25, 0.3) is 0 Å². The molecule has 0 saturated carbocycles. The first-order chi connectivity index (χ1) is 11.5. The zero-order valence-electron chi connectivity index (χ0n) is 14.5. The highest BCUT2D eigenvalue weighted by molar-refractivity contribution is 5.89. The molecular weight excluding hydrogens is 308 g/mol. The second kappa shape index (κ2) is 8.54. The Balaban J connectivity index is 1.84. The van der Waals surface area contributed by atoms with Crippen LogP contribution in [0.15, 0.2) is 24.3 Å². The quantitative estimate of drug-likeness (QED) is 0.799. The lowest BCUT2D eigenvalue weighted by Crippen LogP contribution is -2.48. The number of ether oxygens (including phenoxy) is 1. The number of piperazine rings is 1. The Hall–Kier alpha value is -2.28. The van der Waals surface area contributed by atoms with Crippen LogP contribution in [0.4, 0.5) is 16.2 Å². The Bertz CT molecular complexity index is 551. The van der Waals surface area contributed by atoms with E-state index in [4.69, 9.17) is 4.74 Å². The standard InChI is InChI=1S/C17H26N4O3/c1-13(2)18-17(23)19-14-4-6-15(7-5-14)21-10-8-20(9-11-21)12-16(22)24-3/h4-7,13H,8-12H2,1-3H3,(H2,18,19,23). The molecular formula is C17H26N4O3. The Kier molecular flexibility index (Phi) is 6.43. The number of methoxy groups -OCH3 is 1. The van der Waals surface area contributed by atoms with Crippen LogP contribution in [0, 0.1) is 0 Å². The van der Waals surface area contributed by atoms with Crippen molar-refractivity contribution in [2.24, 2.45) is 0 Å². The maximum atomic E-state index is 11.7. The van der Waals surface area contributed by atoms with Crippen molar-refractivity contribution in [2.45, 2.75) is 19.9 Å². The summed E-state index contributed by atoms with van der Waals surface area (Å²) < 4.78 is 4.70. The second-order valence-electron chi connectivity index (χ2n) is 6.14.